The van der Waals surface area contributed by atoms with E-state index in [4.69, 9.17) is 5.11 Å². The van der Waals surface area contributed by atoms with Crippen molar-refractivity contribution in [1.29, 1.82) is 0 Å². The fourth-order valence-corrected chi connectivity index (χ4v) is 1.56. The number of carbonyl (C=O) groups excluding carboxylic acids is 1. The number of amides is 1. The molecule has 2 heterocycles. The van der Waals surface area contributed by atoms with Crippen molar-refractivity contribution in [1.82, 2.24) is 14.8 Å². The van der Waals surface area contributed by atoms with Gasteiger partial charge in [-0.25, -0.2) is 9.67 Å². The van der Waals surface area contributed by atoms with Crippen LogP contribution in [0.3, 0.4) is 0 Å². The lowest BCUT2D eigenvalue weighted by atomic mass is 10.3. The molecule has 0 aliphatic heterocycles. The van der Waals surface area contributed by atoms with Gasteiger partial charge in [0.15, 0.2) is 0 Å². The van der Waals surface area contributed by atoms with Crippen LogP contribution in [0.2, 0.25) is 0 Å². The lowest BCUT2D eigenvalue weighted by molar-refractivity contribution is -0.137. The van der Waals surface area contributed by atoms with Gasteiger partial charge < -0.3 is 10.4 Å². The molecule has 0 bridgehead atoms. The van der Waals surface area contributed by atoms with E-state index < -0.39 is 11.9 Å². The first-order valence-electron chi connectivity index (χ1n) is 5.54. The minimum Gasteiger partial charge on any atom is -0.480 e. The van der Waals surface area contributed by atoms with E-state index >= 15 is 0 Å². The summed E-state index contributed by atoms with van der Waals surface area (Å²) in [7, 11) is 0. The maximum atomic E-state index is 12.0. The standard InChI is InChI=1S/C12H12N4O3/c1-8-2-4-13-10(6-8)15-12(19)9-3-5-14-16(9)7-11(17)18/h2-6H,7H2,1H3,(H,17,18)(H,13,15,19). The van der Waals surface area contributed by atoms with Crippen molar-refractivity contribution >= 4 is 17.7 Å². The second-order valence-electron chi connectivity index (χ2n) is 3.94. The Morgan fingerprint density at radius 1 is 1.37 bits per heavy atom. The highest BCUT2D eigenvalue weighted by Gasteiger charge is 2.14. The number of hydrogen-bond donors (Lipinski definition) is 2. The van der Waals surface area contributed by atoms with Gasteiger partial charge in [-0.1, -0.05) is 0 Å². The summed E-state index contributed by atoms with van der Waals surface area (Å²) in [6.45, 7) is 1.52. The number of nitrogens with one attached hydrogen (secondary N) is 1. The monoisotopic (exact) mass is 260 g/mol. The van der Waals surface area contributed by atoms with Crippen molar-refractivity contribution < 1.29 is 14.7 Å². The third-order valence-electron chi connectivity index (χ3n) is 2.39. The molecule has 7 nitrogen and oxygen atoms in total. The summed E-state index contributed by atoms with van der Waals surface area (Å²) in [5.41, 5.74) is 1.13. The van der Waals surface area contributed by atoms with Crippen molar-refractivity contribution in [3.8, 4) is 0 Å². The Balaban J connectivity index is 2.16. The van der Waals surface area contributed by atoms with E-state index in [2.05, 4.69) is 15.4 Å². The van der Waals surface area contributed by atoms with Gasteiger partial charge in [-0.15, -0.1) is 0 Å². The molecule has 2 aromatic heterocycles. The van der Waals surface area contributed by atoms with Crippen LogP contribution in [0, 0.1) is 6.92 Å². The molecule has 98 valence electrons. The Morgan fingerprint density at radius 2 is 2.16 bits per heavy atom. The van der Waals surface area contributed by atoms with Gasteiger partial charge in [-0.05, 0) is 30.7 Å². The number of aliphatic carboxylic acids is 1. The van der Waals surface area contributed by atoms with Crippen molar-refractivity contribution in [3.05, 3.63) is 41.9 Å². The van der Waals surface area contributed by atoms with Gasteiger partial charge in [0.05, 0.1) is 0 Å². The largest absolute Gasteiger partial charge is 0.480 e. The molecule has 2 aromatic rings. The van der Waals surface area contributed by atoms with Crippen LogP contribution in [0.5, 0.6) is 0 Å². The quantitative estimate of drug-likeness (QED) is 0.852. The number of carbonyl (C=O) groups is 2. The van der Waals surface area contributed by atoms with Gasteiger partial charge in [0.1, 0.15) is 18.1 Å². The fraction of sp³-hybridized carbons (Fsp3) is 0.167. The minimum absolute atomic E-state index is 0.172. The number of rotatable bonds is 4. The van der Waals surface area contributed by atoms with Crippen LogP contribution in [-0.2, 0) is 11.3 Å². The second-order valence-corrected chi connectivity index (χ2v) is 3.94. The summed E-state index contributed by atoms with van der Waals surface area (Å²) in [6.07, 6.45) is 2.96. The normalized spacial score (nSPS) is 10.2. The smallest absolute Gasteiger partial charge is 0.325 e. The van der Waals surface area contributed by atoms with Crippen LogP contribution in [0.15, 0.2) is 30.6 Å². The number of aryl methyl sites for hydroxylation is 1. The topological polar surface area (TPSA) is 97.1 Å². The molecule has 0 radical (unpaired) electrons. The Bertz CT molecular complexity index is 621. The third-order valence-corrected chi connectivity index (χ3v) is 2.39. The second kappa shape index (κ2) is 5.30. The molecule has 2 N–H and O–H groups in total. The summed E-state index contributed by atoms with van der Waals surface area (Å²) in [6, 6.07) is 4.98. The van der Waals surface area contributed by atoms with Crippen molar-refractivity contribution in [3.63, 3.8) is 0 Å². The highest BCUT2D eigenvalue weighted by molar-refractivity contribution is 6.02. The number of anilines is 1. The summed E-state index contributed by atoms with van der Waals surface area (Å²) in [4.78, 5) is 26.6. The molecule has 0 aromatic carbocycles. The summed E-state index contributed by atoms with van der Waals surface area (Å²) < 4.78 is 1.12. The summed E-state index contributed by atoms with van der Waals surface area (Å²) in [5.74, 6) is -1.10. The molecule has 7 heteroatoms. The lowest BCUT2D eigenvalue weighted by Gasteiger charge is -2.06. The van der Waals surface area contributed by atoms with Crippen LogP contribution in [0.1, 0.15) is 16.1 Å². The maximum absolute atomic E-state index is 12.0. The zero-order valence-electron chi connectivity index (χ0n) is 10.2. The van der Waals surface area contributed by atoms with E-state index in [1.807, 2.05) is 13.0 Å². The van der Waals surface area contributed by atoms with Crippen molar-refractivity contribution in [2.75, 3.05) is 5.32 Å². The van der Waals surface area contributed by atoms with Gasteiger partial charge in [-0.3, -0.25) is 9.59 Å². The number of carboxylic acid groups (broad SMARTS) is 1. The third kappa shape index (κ3) is 3.15. The average Bonchev–Trinajstić information content (AvgIpc) is 2.76. The average molecular weight is 260 g/mol. The molecule has 0 unspecified atom stereocenters. The van der Waals surface area contributed by atoms with Gasteiger partial charge in [0, 0.05) is 12.4 Å². The molecule has 0 saturated carbocycles. The number of hydrogen-bond acceptors (Lipinski definition) is 4. The SMILES string of the molecule is Cc1ccnc(NC(=O)c2ccnn2CC(=O)O)c1. The predicted molar refractivity (Wildman–Crippen MR) is 66.8 cm³/mol. The zero-order chi connectivity index (χ0) is 13.8. The number of aromatic nitrogens is 3. The van der Waals surface area contributed by atoms with Gasteiger partial charge >= 0.3 is 5.97 Å². The molecule has 0 saturated heterocycles. The van der Waals surface area contributed by atoms with Crippen LogP contribution >= 0.6 is 0 Å². The molecule has 19 heavy (non-hydrogen) atoms. The highest BCUT2D eigenvalue weighted by atomic mass is 16.4. The first-order chi connectivity index (χ1) is 9.06. The van der Waals surface area contributed by atoms with E-state index in [0.717, 1.165) is 10.2 Å². The lowest BCUT2D eigenvalue weighted by Crippen LogP contribution is -2.21. The van der Waals surface area contributed by atoms with Gasteiger partial charge in [0.2, 0.25) is 0 Å². The maximum Gasteiger partial charge on any atom is 0.325 e. The summed E-state index contributed by atoms with van der Waals surface area (Å²) >= 11 is 0. The van der Waals surface area contributed by atoms with Gasteiger partial charge in [0.25, 0.3) is 5.91 Å². The predicted octanol–water partition coefficient (Wildman–Crippen LogP) is 0.923. The Kier molecular flexibility index (Phi) is 3.56. The van der Waals surface area contributed by atoms with E-state index in [-0.39, 0.29) is 12.2 Å². The molecule has 1 amide bonds. The first kappa shape index (κ1) is 12.7. The van der Waals surface area contributed by atoms with Crippen LogP contribution in [-0.4, -0.2) is 31.7 Å². The van der Waals surface area contributed by atoms with Crippen molar-refractivity contribution in [2.24, 2.45) is 0 Å². The van der Waals surface area contributed by atoms with E-state index in [0.29, 0.717) is 5.82 Å². The number of carboxylic acids is 1. The van der Waals surface area contributed by atoms with Crippen LogP contribution in [0.4, 0.5) is 5.82 Å². The Morgan fingerprint density at radius 3 is 2.84 bits per heavy atom. The molecule has 0 spiro atoms. The Hall–Kier alpha value is -2.70. The van der Waals surface area contributed by atoms with Crippen molar-refractivity contribution in [2.45, 2.75) is 13.5 Å². The molecule has 0 aliphatic carbocycles. The highest BCUT2D eigenvalue weighted by Crippen LogP contribution is 2.08. The first-order valence-corrected chi connectivity index (χ1v) is 5.54. The molecule has 0 fully saturated rings. The summed E-state index contributed by atoms with van der Waals surface area (Å²) in [5, 5.41) is 15.1. The van der Waals surface area contributed by atoms with Crippen LogP contribution < -0.4 is 5.32 Å². The van der Waals surface area contributed by atoms with E-state index in [1.54, 1.807) is 12.3 Å². The van der Waals surface area contributed by atoms with E-state index in [1.165, 1.54) is 12.3 Å². The number of nitrogens with zero attached hydrogens (tertiary/aromatic N) is 3. The zero-order valence-corrected chi connectivity index (χ0v) is 10.2. The minimum atomic E-state index is -1.06. The molecular weight excluding hydrogens is 248 g/mol. The number of pyridine rings is 1. The molecule has 0 aliphatic rings. The Labute approximate surface area is 108 Å². The van der Waals surface area contributed by atoms with Gasteiger partial charge in [-0.2, -0.15) is 5.10 Å². The molecule has 2 rings (SSSR count). The van der Waals surface area contributed by atoms with Crippen LogP contribution in [0.25, 0.3) is 0 Å². The molecule has 0 atom stereocenters. The fourth-order valence-electron chi connectivity index (χ4n) is 1.56. The molecular formula is C12H12N4O3. The van der Waals surface area contributed by atoms with E-state index in [9.17, 15) is 9.59 Å².